The molecule has 2 aliphatic rings. The van der Waals surface area contributed by atoms with E-state index >= 15 is 0 Å². The first-order valence-corrected chi connectivity index (χ1v) is 5.62. The summed E-state index contributed by atoms with van der Waals surface area (Å²) in [5.74, 6) is 0. The molecule has 0 bridgehead atoms. The third kappa shape index (κ3) is 10.9. The Morgan fingerprint density at radius 1 is 1.05 bits per heavy atom. The van der Waals surface area contributed by atoms with Gasteiger partial charge >= 0.3 is 33.9 Å². The van der Waals surface area contributed by atoms with Crippen LogP contribution in [-0.2, 0) is 40.5 Å². The van der Waals surface area contributed by atoms with Crippen LogP contribution in [0.25, 0.3) is 0 Å². The quantitative estimate of drug-likeness (QED) is 0.428. The molecule has 0 amide bonds. The van der Waals surface area contributed by atoms with Crippen molar-refractivity contribution in [2.75, 3.05) is 33.4 Å². The van der Waals surface area contributed by atoms with Crippen molar-refractivity contribution in [2.24, 2.45) is 0 Å². The Labute approximate surface area is 137 Å². The summed E-state index contributed by atoms with van der Waals surface area (Å²) in [7, 11) is 1.70. The Bertz CT molecular complexity index is 254. The molecule has 1 saturated carbocycles. The molecule has 0 aromatic heterocycles. The maximum Gasteiger partial charge on any atom is 0 e. The molecule has 0 spiro atoms. The number of methoxy groups -OCH3 is 1. The number of ether oxygens (including phenoxy) is 2. The van der Waals surface area contributed by atoms with E-state index in [4.69, 9.17) is 23.4 Å². The van der Waals surface area contributed by atoms with Crippen LogP contribution in [0.5, 0.6) is 0 Å². The Morgan fingerprint density at radius 2 is 1.57 bits per heavy atom. The van der Waals surface area contributed by atoms with E-state index in [1.165, 1.54) is 6.04 Å². The van der Waals surface area contributed by atoms with Crippen molar-refractivity contribution >= 4 is 0 Å². The van der Waals surface area contributed by atoms with Crippen molar-refractivity contribution in [3.05, 3.63) is 51.4 Å². The van der Waals surface area contributed by atoms with Gasteiger partial charge in [-0.2, -0.15) is 0 Å². The first-order chi connectivity index (χ1) is 9.90. The van der Waals surface area contributed by atoms with E-state index in [-0.39, 0.29) is 17.1 Å². The molecule has 6 nitrogen and oxygen atoms in total. The zero-order chi connectivity index (χ0) is 15.8. The molecule has 0 atom stereocenters. The van der Waals surface area contributed by atoms with Crippen LogP contribution in [0.2, 0.25) is 0 Å². The topological polar surface area (TPSA) is 81.4 Å². The van der Waals surface area contributed by atoms with Gasteiger partial charge in [-0.3, -0.25) is 4.90 Å². The van der Waals surface area contributed by atoms with E-state index in [2.05, 4.69) is 37.7 Å². The van der Waals surface area contributed by atoms with Gasteiger partial charge in [-0.15, -0.1) is 0 Å². The number of hydrogen-bond donors (Lipinski definition) is 0. The number of morpholine rings is 1. The largest absolute Gasteiger partial charge is 0 e. The van der Waals surface area contributed by atoms with Crippen LogP contribution in [0, 0.1) is 51.4 Å². The van der Waals surface area contributed by atoms with Crippen LogP contribution in [0.3, 0.4) is 0 Å². The first kappa shape index (κ1) is 25.6. The maximum absolute atomic E-state index is 7.50. The van der Waals surface area contributed by atoms with Gasteiger partial charge in [0.15, 0.2) is 0 Å². The van der Waals surface area contributed by atoms with Crippen molar-refractivity contribution in [2.45, 2.75) is 6.42 Å². The Kier molecular flexibility index (Phi) is 23.9. The Balaban J connectivity index is -0.000000414. The maximum atomic E-state index is 7.50. The van der Waals surface area contributed by atoms with Gasteiger partial charge in [-0.05, 0) is 19.3 Å². The van der Waals surface area contributed by atoms with Crippen molar-refractivity contribution < 1.29 is 40.5 Å². The SMILES string of the molecule is CO[C]1[CH][CH][C](N2CCOCC2)C[CH]1.[C-]#[O+].[C-]#[O+].[C-]#[O+].[Mn]. The summed E-state index contributed by atoms with van der Waals surface area (Å²) in [4.78, 5) is 2.38. The molecule has 7 heteroatoms. The average molecular weight is 333 g/mol. The van der Waals surface area contributed by atoms with Gasteiger partial charge < -0.3 is 9.47 Å². The minimum Gasteiger partial charge on any atom is 0 e. The van der Waals surface area contributed by atoms with Crippen molar-refractivity contribution in [3.63, 3.8) is 0 Å². The van der Waals surface area contributed by atoms with Crippen molar-refractivity contribution in [3.8, 4) is 0 Å². The molecule has 114 valence electrons. The van der Waals surface area contributed by atoms with E-state index in [0.717, 1.165) is 38.8 Å². The number of hydrogen-bond acceptors (Lipinski definition) is 3. The number of nitrogens with zero attached hydrogens (tertiary/aromatic N) is 1. The van der Waals surface area contributed by atoms with Crippen LogP contribution in [0.15, 0.2) is 0 Å². The first-order valence-electron chi connectivity index (χ1n) is 5.62. The third-order valence-electron chi connectivity index (χ3n) is 2.61. The molecule has 2 fully saturated rings. The van der Waals surface area contributed by atoms with Gasteiger partial charge in [-0.25, -0.2) is 0 Å². The second-order valence-corrected chi connectivity index (χ2v) is 3.44. The van der Waals surface area contributed by atoms with Gasteiger partial charge in [0.25, 0.3) is 0 Å². The molecular weight excluding hydrogens is 317 g/mol. The molecule has 6 radical (unpaired) electrons. The van der Waals surface area contributed by atoms with Crippen molar-refractivity contribution in [1.82, 2.24) is 4.90 Å². The van der Waals surface area contributed by atoms with Crippen LogP contribution in [0.1, 0.15) is 6.42 Å². The normalized spacial score (nSPS) is 19.0. The number of rotatable bonds is 2. The van der Waals surface area contributed by atoms with Gasteiger partial charge in [0, 0.05) is 49.7 Å². The zero-order valence-corrected chi connectivity index (χ0v) is 12.8. The fraction of sp³-hybridized carbons (Fsp3) is 0.429. The summed E-state index contributed by atoms with van der Waals surface area (Å²) in [5, 5.41) is 0. The molecule has 1 aliphatic heterocycles. The summed E-state index contributed by atoms with van der Waals surface area (Å²) in [6.07, 6.45) is 8.21. The molecule has 2 rings (SSSR count). The predicted molar refractivity (Wildman–Crippen MR) is 65.2 cm³/mol. The fourth-order valence-electron chi connectivity index (χ4n) is 1.76. The van der Waals surface area contributed by atoms with E-state index in [1.54, 1.807) is 7.11 Å². The minimum absolute atomic E-state index is 0. The van der Waals surface area contributed by atoms with Crippen LogP contribution in [-0.4, -0.2) is 38.3 Å². The monoisotopic (exact) mass is 333 g/mol. The second-order valence-electron chi connectivity index (χ2n) is 3.44. The Hall–Kier alpha value is -0.381. The molecule has 1 aliphatic carbocycles. The Morgan fingerprint density at radius 3 is 1.95 bits per heavy atom. The molecule has 0 aromatic rings. The summed E-state index contributed by atoms with van der Waals surface area (Å²) in [5.41, 5.74) is 0. The summed E-state index contributed by atoms with van der Waals surface area (Å²) in [6.45, 7) is 17.2. The van der Waals surface area contributed by atoms with E-state index in [9.17, 15) is 0 Å². The van der Waals surface area contributed by atoms with Gasteiger partial charge in [0.05, 0.1) is 13.2 Å². The minimum atomic E-state index is 0. The van der Waals surface area contributed by atoms with Crippen LogP contribution in [0.4, 0.5) is 0 Å². The molecule has 0 unspecified atom stereocenters. The summed E-state index contributed by atoms with van der Waals surface area (Å²) in [6, 6.07) is 1.37. The smallest absolute Gasteiger partial charge is 0 e. The van der Waals surface area contributed by atoms with E-state index in [1.807, 2.05) is 6.42 Å². The van der Waals surface area contributed by atoms with Gasteiger partial charge in [0.1, 0.15) is 6.10 Å². The second kappa shape index (κ2) is 19.6. The molecular formula is C14H16MnNO5. The summed E-state index contributed by atoms with van der Waals surface area (Å²) < 4.78 is 33.0. The van der Waals surface area contributed by atoms with E-state index < -0.39 is 0 Å². The average Bonchev–Trinajstić information content (AvgIpc) is 2.61. The van der Waals surface area contributed by atoms with Gasteiger partial charge in [-0.1, -0.05) is 0 Å². The molecule has 1 saturated heterocycles. The molecule has 0 aromatic carbocycles. The molecule has 1 heterocycles. The van der Waals surface area contributed by atoms with Crippen LogP contribution < -0.4 is 0 Å². The fourth-order valence-corrected chi connectivity index (χ4v) is 1.76. The standard InChI is InChI=1S/C11H16NO2.3CO.Mn/c1-13-11-4-2-10(3-5-11)12-6-8-14-9-7-12;3*1-2;/h2,4-5H,3,6-9H2,1H3;;;;. The van der Waals surface area contributed by atoms with Crippen LogP contribution >= 0.6 is 0 Å². The van der Waals surface area contributed by atoms with E-state index in [0.29, 0.717) is 0 Å². The zero-order valence-electron chi connectivity index (χ0n) is 11.6. The molecule has 0 N–H and O–H groups in total. The van der Waals surface area contributed by atoms with Crippen molar-refractivity contribution in [1.29, 1.82) is 0 Å². The summed E-state index contributed by atoms with van der Waals surface area (Å²) >= 11 is 0. The third-order valence-corrected chi connectivity index (χ3v) is 2.61. The van der Waals surface area contributed by atoms with Gasteiger partial charge in [0.2, 0.25) is 0 Å². The predicted octanol–water partition coefficient (Wildman–Crippen LogP) is 0.931. The molecule has 21 heavy (non-hydrogen) atoms.